The summed E-state index contributed by atoms with van der Waals surface area (Å²) in [6, 6.07) is 11.2. The Hall–Kier alpha value is -0.640. The lowest BCUT2D eigenvalue weighted by Gasteiger charge is -2.14. The Bertz CT molecular complexity index is 514. The van der Waals surface area contributed by atoms with Crippen LogP contribution in [-0.2, 0) is 6.42 Å². The molecule has 1 aromatic carbocycles. The molecule has 0 bridgehead atoms. The number of benzene rings is 1. The van der Waals surface area contributed by atoms with Crippen LogP contribution in [0.1, 0.15) is 26.9 Å². The third-order valence-corrected chi connectivity index (χ3v) is 4.97. The van der Waals surface area contributed by atoms with E-state index in [0.29, 0.717) is 6.04 Å². The van der Waals surface area contributed by atoms with Crippen molar-refractivity contribution >= 4 is 27.3 Å². The van der Waals surface area contributed by atoms with Gasteiger partial charge in [-0.15, -0.1) is 11.3 Å². The monoisotopic (exact) mass is 323 g/mol. The number of halogens is 1. The van der Waals surface area contributed by atoms with Gasteiger partial charge in [-0.25, -0.2) is 0 Å². The zero-order chi connectivity index (χ0) is 13.1. The van der Waals surface area contributed by atoms with Gasteiger partial charge in [0.15, 0.2) is 0 Å². The Morgan fingerprint density at radius 3 is 2.61 bits per heavy atom. The number of aryl methyl sites for hydroxylation is 2. The van der Waals surface area contributed by atoms with E-state index in [-0.39, 0.29) is 0 Å². The first kappa shape index (κ1) is 13.8. The molecule has 0 aliphatic carbocycles. The molecule has 1 heterocycles. The van der Waals surface area contributed by atoms with Crippen molar-refractivity contribution in [2.45, 2.75) is 26.3 Å². The van der Waals surface area contributed by atoms with Gasteiger partial charge in [0.25, 0.3) is 0 Å². The molecule has 2 rings (SSSR count). The van der Waals surface area contributed by atoms with Gasteiger partial charge >= 0.3 is 0 Å². The molecule has 96 valence electrons. The first-order valence-corrected chi connectivity index (χ1v) is 7.69. The van der Waals surface area contributed by atoms with Crippen LogP contribution in [0.3, 0.4) is 0 Å². The van der Waals surface area contributed by atoms with Crippen LogP contribution in [0.25, 0.3) is 0 Å². The summed E-state index contributed by atoms with van der Waals surface area (Å²) in [6.45, 7) is 4.37. The number of likely N-dealkylation sites (N-methyl/N-ethyl adjacent to an activating group) is 1. The molecule has 0 saturated heterocycles. The third-order valence-electron chi connectivity index (χ3n) is 3.21. The number of nitrogens with one attached hydrogen (secondary N) is 1. The standard InChI is InChI=1S/C15H18BrNS/c1-10-7-15(18-11(10)2)14(17-3)9-12-5-4-6-13(16)8-12/h4-8,14,17H,9H2,1-3H3. The largest absolute Gasteiger partial charge is 0.312 e. The lowest BCUT2D eigenvalue weighted by atomic mass is 10.0. The molecule has 2 aromatic rings. The van der Waals surface area contributed by atoms with E-state index in [4.69, 9.17) is 0 Å². The second-order valence-corrected chi connectivity index (χ2v) is 6.77. The van der Waals surface area contributed by atoms with Crippen LogP contribution in [0.4, 0.5) is 0 Å². The van der Waals surface area contributed by atoms with Crippen LogP contribution in [0, 0.1) is 13.8 Å². The molecular weight excluding hydrogens is 306 g/mol. The summed E-state index contributed by atoms with van der Waals surface area (Å²) in [4.78, 5) is 2.84. The molecule has 3 heteroatoms. The summed E-state index contributed by atoms with van der Waals surface area (Å²) in [5.41, 5.74) is 2.75. The molecule has 0 amide bonds. The van der Waals surface area contributed by atoms with Gasteiger partial charge in [-0.3, -0.25) is 0 Å². The minimum absolute atomic E-state index is 0.400. The fourth-order valence-corrected chi connectivity index (χ4v) is 3.62. The summed E-state index contributed by atoms with van der Waals surface area (Å²) in [6.07, 6.45) is 1.02. The van der Waals surface area contributed by atoms with Crippen LogP contribution in [0.5, 0.6) is 0 Å². The molecule has 18 heavy (non-hydrogen) atoms. The van der Waals surface area contributed by atoms with Crippen molar-refractivity contribution in [3.63, 3.8) is 0 Å². The summed E-state index contributed by atoms with van der Waals surface area (Å²) in [5, 5.41) is 3.42. The summed E-state index contributed by atoms with van der Waals surface area (Å²) >= 11 is 5.42. The van der Waals surface area contributed by atoms with E-state index in [1.54, 1.807) is 0 Å². The SMILES string of the molecule is CNC(Cc1cccc(Br)c1)c1cc(C)c(C)s1. The molecule has 0 fully saturated rings. The Morgan fingerprint density at radius 1 is 1.28 bits per heavy atom. The van der Waals surface area contributed by atoms with Crippen LogP contribution in [-0.4, -0.2) is 7.05 Å². The van der Waals surface area contributed by atoms with Gasteiger partial charge < -0.3 is 5.32 Å². The van der Waals surface area contributed by atoms with Gasteiger partial charge in [0.2, 0.25) is 0 Å². The lowest BCUT2D eigenvalue weighted by molar-refractivity contribution is 0.602. The van der Waals surface area contributed by atoms with Gasteiger partial charge in [0.1, 0.15) is 0 Å². The van der Waals surface area contributed by atoms with E-state index in [2.05, 4.69) is 65.4 Å². The van der Waals surface area contributed by atoms with Crippen molar-refractivity contribution in [2.75, 3.05) is 7.05 Å². The van der Waals surface area contributed by atoms with Crippen molar-refractivity contribution in [1.82, 2.24) is 5.32 Å². The molecule has 0 aliphatic rings. The molecule has 0 saturated carbocycles. The quantitative estimate of drug-likeness (QED) is 0.864. The van der Waals surface area contributed by atoms with Gasteiger partial charge in [-0.05, 0) is 56.6 Å². The third kappa shape index (κ3) is 3.22. The first-order valence-electron chi connectivity index (χ1n) is 6.09. The average Bonchev–Trinajstić information content (AvgIpc) is 2.66. The molecule has 1 N–H and O–H groups in total. The van der Waals surface area contributed by atoms with Crippen LogP contribution < -0.4 is 5.32 Å². The molecule has 0 aliphatic heterocycles. The van der Waals surface area contributed by atoms with Crippen LogP contribution >= 0.6 is 27.3 Å². The van der Waals surface area contributed by atoms with Gasteiger partial charge in [-0.2, -0.15) is 0 Å². The highest BCUT2D eigenvalue weighted by molar-refractivity contribution is 9.10. The van der Waals surface area contributed by atoms with Crippen molar-refractivity contribution in [1.29, 1.82) is 0 Å². The Kier molecular flexibility index (Phi) is 4.60. The van der Waals surface area contributed by atoms with Gasteiger partial charge in [0, 0.05) is 20.3 Å². The second kappa shape index (κ2) is 6.00. The van der Waals surface area contributed by atoms with E-state index in [1.165, 1.54) is 20.9 Å². The smallest absolute Gasteiger partial charge is 0.0453 e. The van der Waals surface area contributed by atoms with E-state index in [9.17, 15) is 0 Å². The van der Waals surface area contributed by atoms with Crippen LogP contribution in [0.15, 0.2) is 34.8 Å². The minimum atomic E-state index is 0.400. The summed E-state index contributed by atoms with van der Waals surface area (Å²) in [7, 11) is 2.03. The van der Waals surface area contributed by atoms with Gasteiger partial charge in [0.05, 0.1) is 0 Å². The summed E-state index contributed by atoms with van der Waals surface area (Å²) < 4.78 is 1.15. The van der Waals surface area contributed by atoms with E-state index < -0.39 is 0 Å². The van der Waals surface area contributed by atoms with E-state index in [1.807, 2.05) is 18.4 Å². The van der Waals surface area contributed by atoms with Crippen molar-refractivity contribution < 1.29 is 0 Å². The predicted molar refractivity (Wildman–Crippen MR) is 83.4 cm³/mol. The fraction of sp³-hybridized carbons (Fsp3) is 0.333. The fourth-order valence-electron chi connectivity index (χ4n) is 2.02. The number of thiophene rings is 1. The first-order chi connectivity index (χ1) is 8.60. The minimum Gasteiger partial charge on any atom is -0.312 e. The van der Waals surface area contributed by atoms with Crippen molar-refractivity contribution in [3.05, 3.63) is 55.7 Å². The maximum Gasteiger partial charge on any atom is 0.0453 e. The molecule has 1 aromatic heterocycles. The predicted octanol–water partition coefficient (Wildman–Crippen LogP) is 4.63. The average molecular weight is 324 g/mol. The maximum absolute atomic E-state index is 3.53. The van der Waals surface area contributed by atoms with E-state index >= 15 is 0 Å². The maximum atomic E-state index is 3.53. The molecule has 1 atom stereocenters. The number of rotatable bonds is 4. The lowest BCUT2D eigenvalue weighted by Crippen LogP contribution is -2.17. The summed E-state index contributed by atoms with van der Waals surface area (Å²) in [5.74, 6) is 0. The molecule has 1 unspecified atom stereocenters. The molecule has 1 nitrogen and oxygen atoms in total. The second-order valence-electron chi connectivity index (χ2n) is 4.56. The van der Waals surface area contributed by atoms with E-state index in [0.717, 1.165) is 10.9 Å². The Balaban J connectivity index is 2.19. The highest BCUT2D eigenvalue weighted by atomic mass is 79.9. The number of hydrogen-bond donors (Lipinski definition) is 1. The van der Waals surface area contributed by atoms with Crippen molar-refractivity contribution in [2.24, 2.45) is 0 Å². The highest BCUT2D eigenvalue weighted by Crippen LogP contribution is 2.28. The molecular formula is C15H18BrNS. The van der Waals surface area contributed by atoms with Gasteiger partial charge in [-0.1, -0.05) is 28.1 Å². The topological polar surface area (TPSA) is 12.0 Å². The zero-order valence-corrected chi connectivity index (χ0v) is 13.4. The zero-order valence-electron chi connectivity index (χ0n) is 11.0. The highest BCUT2D eigenvalue weighted by Gasteiger charge is 2.13. The molecule has 0 radical (unpaired) electrons. The Labute approximate surface area is 121 Å². The van der Waals surface area contributed by atoms with Crippen LogP contribution in [0.2, 0.25) is 0 Å². The molecule has 0 spiro atoms. The van der Waals surface area contributed by atoms with Crippen molar-refractivity contribution in [3.8, 4) is 0 Å². The number of hydrogen-bond acceptors (Lipinski definition) is 2. The Morgan fingerprint density at radius 2 is 2.06 bits per heavy atom. The normalized spacial score (nSPS) is 12.7.